The van der Waals surface area contributed by atoms with E-state index >= 15 is 0 Å². The van der Waals surface area contributed by atoms with E-state index in [0.717, 1.165) is 12.0 Å². The Labute approximate surface area is 190 Å². The molecule has 0 spiro atoms. The number of nitrogens with one attached hydrogen (secondary N) is 1. The van der Waals surface area contributed by atoms with Gasteiger partial charge in [0.05, 0.1) is 12.2 Å². The molecule has 0 rings (SSSR count). The Morgan fingerprint density at radius 1 is 1.22 bits per heavy atom. The molecule has 0 aromatic rings. The Morgan fingerprint density at radius 3 is 2.22 bits per heavy atom. The van der Waals surface area contributed by atoms with Crippen LogP contribution in [0.5, 0.6) is 0 Å². The van der Waals surface area contributed by atoms with Crippen molar-refractivity contribution < 1.29 is 22.7 Å². The van der Waals surface area contributed by atoms with Crippen LogP contribution in [0.2, 0.25) is 0 Å². The van der Waals surface area contributed by atoms with Gasteiger partial charge in [-0.3, -0.25) is 4.79 Å². The number of halogens is 3. The van der Waals surface area contributed by atoms with Gasteiger partial charge in [0.15, 0.2) is 5.90 Å². The SMILES string of the molecule is C=C(C)N=C(C(=O)N(CC)[C@@H](C)COC(C)=N/C=C(\NC)C(F)(F)F)/C(=C\CC)C(C)C. The number of ether oxygens (including phenoxy) is 1. The summed E-state index contributed by atoms with van der Waals surface area (Å²) in [5, 5.41) is 2.06. The minimum absolute atomic E-state index is 0.0573. The molecule has 182 valence electrons. The van der Waals surface area contributed by atoms with E-state index < -0.39 is 11.9 Å². The molecular weight excluding hydrogens is 421 g/mol. The smallest absolute Gasteiger partial charge is 0.432 e. The first-order valence-electron chi connectivity index (χ1n) is 10.7. The Kier molecular flexibility index (Phi) is 12.6. The number of likely N-dealkylation sites (N-methyl/N-ethyl adjacent to an activating group) is 1. The molecule has 9 heteroatoms. The predicted molar refractivity (Wildman–Crippen MR) is 125 cm³/mol. The van der Waals surface area contributed by atoms with Gasteiger partial charge in [-0.2, -0.15) is 13.2 Å². The highest BCUT2D eigenvalue weighted by Gasteiger charge is 2.33. The van der Waals surface area contributed by atoms with Crippen LogP contribution in [0.15, 0.2) is 45.8 Å². The van der Waals surface area contributed by atoms with Gasteiger partial charge in [0, 0.05) is 26.2 Å². The summed E-state index contributed by atoms with van der Waals surface area (Å²) in [7, 11) is 1.17. The number of hydrogen-bond acceptors (Lipinski definition) is 5. The number of aliphatic imine (C=N–C) groups is 2. The van der Waals surface area contributed by atoms with Gasteiger partial charge in [-0.15, -0.1) is 0 Å². The van der Waals surface area contributed by atoms with Crippen molar-refractivity contribution >= 4 is 17.5 Å². The van der Waals surface area contributed by atoms with Crippen molar-refractivity contribution in [2.45, 2.75) is 67.1 Å². The van der Waals surface area contributed by atoms with Crippen LogP contribution in [-0.4, -0.2) is 54.8 Å². The normalized spacial score (nSPS) is 15.0. The van der Waals surface area contributed by atoms with Crippen LogP contribution in [0.3, 0.4) is 0 Å². The van der Waals surface area contributed by atoms with Gasteiger partial charge in [0.1, 0.15) is 18.0 Å². The summed E-state index contributed by atoms with van der Waals surface area (Å²) in [6, 6.07) is -0.363. The number of alkyl halides is 3. The van der Waals surface area contributed by atoms with E-state index in [1.165, 1.54) is 14.0 Å². The molecule has 0 aliphatic carbocycles. The molecule has 0 heterocycles. The molecule has 0 aliphatic rings. The molecule has 0 saturated heterocycles. The lowest BCUT2D eigenvalue weighted by molar-refractivity contribution is -0.126. The summed E-state index contributed by atoms with van der Waals surface area (Å²) >= 11 is 0. The molecule has 0 fully saturated rings. The van der Waals surface area contributed by atoms with Crippen molar-refractivity contribution in [3.8, 4) is 0 Å². The number of carbonyl (C=O) groups excluding carboxylic acids is 1. The minimum atomic E-state index is -4.53. The first kappa shape index (κ1) is 29.4. The number of amides is 1. The third-order valence-corrected chi connectivity index (χ3v) is 4.44. The van der Waals surface area contributed by atoms with Crippen molar-refractivity contribution in [3.05, 3.63) is 35.8 Å². The average Bonchev–Trinajstić information content (AvgIpc) is 2.68. The zero-order valence-electron chi connectivity index (χ0n) is 20.4. The molecule has 0 radical (unpaired) electrons. The molecule has 1 atom stereocenters. The van der Waals surface area contributed by atoms with E-state index in [1.807, 2.05) is 33.8 Å². The average molecular weight is 459 g/mol. The quantitative estimate of drug-likeness (QED) is 0.340. The molecule has 0 unspecified atom stereocenters. The fourth-order valence-electron chi connectivity index (χ4n) is 2.85. The van der Waals surface area contributed by atoms with Crippen molar-refractivity contribution in [2.24, 2.45) is 15.9 Å². The Hall–Kier alpha value is -2.58. The maximum Gasteiger partial charge on any atom is 0.432 e. The van der Waals surface area contributed by atoms with Crippen LogP contribution >= 0.6 is 0 Å². The number of hydrogen-bond donors (Lipinski definition) is 1. The highest BCUT2D eigenvalue weighted by molar-refractivity contribution is 6.45. The molecule has 0 aromatic carbocycles. The van der Waals surface area contributed by atoms with E-state index in [-0.39, 0.29) is 30.4 Å². The highest BCUT2D eigenvalue weighted by Crippen LogP contribution is 2.23. The van der Waals surface area contributed by atoms with Gasteiger partial charge in [0.2, 0.25) is 0 Å². The van der Waals surface area contributed by atoms with Crippen LogP contribution in [0.1, 0.15) is 54.9 Å². The number of allylic oxidation sites excluding steroid dienone is 3. The third kappa shape index (κ3) is 9.70. The molecule has 0 aliphatic heterocycles. The van der Waals surface area contributed by atoms with E-state index in [2.05, 4.69) is 21.9 Å². The topological polar surface area (TPSA) is 66.3 Å². The fraction of sp³-hybridized carbons (Fsp3) is 0.609. The number of rotatable bonds is 11. The minimum Gasteiger partial charge on any atom is -0.479 e. The first-order valence-corrected chi connectivity index (χ1v) is 10.7. The van der Waals surface area contributed by atoms with Crippen LogP contribution in [0, 0.1) is 5.92 Å². The molecule has 32 heavy (non-hydrogen) atoms. The monoisotopic (exact) mass is 458 g/mol. The van der Waals surface area contributed by atoms with Gasteiger partial charge >= 0.3 is 6.18 Å². The lowest BCUT2D eigenvalue weighted by atomic mass is 9.95. The summed E-state index contributed by atoms with van der Waals surface area (Å²) in [5.74, 6) is -0.0932. The first-order chi connectivity index (χ1) is 14.8. The maximum absolute atomic E-state index is 13.4. The maximum atomic E-state index is 13.4. The zero-order chi connectivity index (χ0) is 25.1. The van der Waals surface area contributed by atoms with E-state index in [4.69, 9.17) is 4.74 Å². The Bertz CT molecular complexity index is 766. The van der Waals surface area contributed by atoms with Crippen LogP contribution in [0.4, 0.5) is 13.2 Å². The lowest BCUT2D eigenvalue weighted by Gasteiger charge is -2.29. The molecule has 1 N–H and O–H groups in total. The summed E-state index contributed by atoms with van der Waals surface area (Å²) in [4.78, 5) is 23.1. The second-order valence-corrected chi connectivity index (χ2v) is 7.61. The Balaban J connectivity index is 5.62. The summed E-state index contributed by atoms with van der Waals surface area (Å²) < 4.78 is 43.8. The number of carbonyl (C=O) groups is 1. The van der Waals surface area contributed by atoms with Crippen molar-refractivity contribution in [1.29, 1.82) is 0 Å². The summed E-state index contributed by atoms with van der Waals surface area (Å²) in [5.41, 5.74) is 0.737. The van der Waals surface area contributed by atoms with Crippen LogP contribution < -0.4 is 5.32 Å². The van der Waals surface area contributed by atoms with Gasteiger partial charge in [-0.25, -0.2) is 9.98 Å². The third-order valence-electron chi connectivity index (χ3n) is 4.44. The van der Waals surface area contributed by atoms with Gasteiger partial charge in [0.25, 0.3) is 5.91 Å². The van der Waals surface area contributed by atoms with Crippen molar-refractivity contribution in [3.63, 3.8) is 0 Å². The molecule has 0 aromatic heterocycles. The van der Waals surface area contributed by atoms with E-state index in [1.54, 1.807) is 18.7 Å². The molecule has 0 saturated carbocycles. The van der Waals surface area contributed by atoms with Crippen LogP contribution in [-0.2, 0) is 9.53 Å². The highest BCUT2D eigenvalue weighted by atomic mass is 19.4. The predicted octanol–water partition coefficient (Wildman–Crippen LogP) is 5.25. The second-order valence-electron chi connectivity index (χ2n) is 7.61. The second kappa shape index (κ2) is 13.8. The molecule has 1 amide bonds. The van der Waals surface area contributed by atoms with Gasteiger partial charge in [-0.05, 0) is 38.7 Å². The Morgan fingerprint density at radius 2 is 1.81 bits per heavy atom. The zero-order valence-corrected chi connectivity index (χ0v) is 20.4. The van der Waals surface area contributed by atoms with Crippen LogP contribution in [0.25, 0.3) is 0 Å². The standard InChI is InChI=1S/C23H37F3N4O2/c1-10-12-19(15(3)4)21(29-16(5)6)22(31)30(11-2)17(7)14-32-18(8)28-13-20(27-9)23(24,25)26/h12-13,15,17,27H,5,10-11,14H2,1-4,6-9H3/b19-12-,20-13-,28-18?,29-21?/t17-/m0/s1. The molecule has 0 bridgehead atoms. The number of nitrogens with zero attached hydrogens (tertiary/aromatic N) is 3. The van der Waals surface area contributed by atoms with Gasteiger partial charge in [-0.1, -0.05) is 33.4 Å². The van der Waals surface area contributed by atoms with E-state index in [0.29, 0.717) is 24.2 Å². The largest absolute Gasteiger partial charge is 0.479 e. The summed E-state index contributed by atoms with van der Waals surface area (Å²) in [6.07, 6.45) is -1.11. The molecule has 6 nitrogen and oxygen atoms in total. The molecular formula is C23H37F3N4O2. The van der Waals surface area contributed by atoms with Crippen molar-refractivity contribution in [2.75, 3.05) is 20.2 Å². The van der Waals surface area contributed by atoms with Crippen molar-refractivity contribution in [1.82, 2.24) is 10.2 Å². The summed E-state index contributed by atoms with van der Waals surface area (Å²) in [6.45, 7) is 17.1. The fourth-order valence-corrected chi connectivity index (χ4v) is 2.85. The lowest BCUT2D eigenvalue weighted by Crippen LogP contribution is -2.45. The van der Waals surface area contributed by atoms with E-state index in [9.17, 15) is 18.0 Å². The van der Waals surface area contributed by atoms with Gasteiger partial charge < -0.3 is 15.0 Å².